The third kappa shape index (κ3) is 1.70. The Morgan fingerprint density at radius 1 is 1.75 bits per heavy atom. The first-order chi connectivity index (χ1) is 5.70. The van der Waals surface area contributed by atoms with Crippen LogP contribution in [0.25, 0.3) is 0 Å². The predicted molar refractivity (Wildman–Crippen MR) is 51.0 cm³/mol. The molecule has 0 aliphatic carbocycles. The molecule has 1 heterocycles. The van der Waals surface area contributed by atoms with E-state index in [0.29, 0.717) is 18.0 Å². The van der Waals surface area contributed by atoms with Crippen LogP contribution in [0.2, 0.25) is 0 Å². The van der Waals surface area contributed by atoms with Crippen molar-refractivity contribution in [3.63, 3.8) is 0 Å². The van der Waals surface area contributed by atoms with Gasteiger partial charge in [0.15, 0.2) is 0 Å². The van der Waals surface area contributed by atoms with E-state index in [1.165, 1.54) is 6.42 Å². The molecule has 0 bridgehead atoms. The van der Waals surface area contributed by atoms with Crippen LogP contribution in [0.4, 0.5) is 0 Å². The van der Waals surface area contributed by atoms with E-state index in [2.05, 4.69) is 25.3 Å². The number of rotatable bonds is 3. The summed E-state index contributed by atoms with van der Waals surface area (Å²) >= 11 is 0. The number of hydrogen-bond acceptors (Lipinski definition) is 2. The Morgan fingerprint density at radius 2 is 2.42 bits per heavy atom. The van der Waals surface area contributed by atoms with Crippen molar-refractivity contribution in [3.05, 3.63) is 12.7 Å². The van der Waals surface area contributed by atoms with Gasteiger partial charge in [0.25, 0.3) is 0 Å². The van der Waals surface area contributed by atoms with E-state index in [1.54, 1.807) is 0 Å². The molecule has 1 fully saturated rings. The van der Waals surface area contributed by atoms with E-state index in [1.807, 2.05) is 6.08 Å². The molecule has 0 amide bonds. The van der Waals surface area contributed by atoms with E-state index >= 15 is 0 Å². The van der Waals surface area contributed by atoms with Crippen molar-refractivity contribution >= 4 is 0 Å². The molecule has 1 saturated heterocycles. The molecular formula is C10H19NO. The Hall–Kier alpha value is -0.340. The zero-order valence-electron chi connectivity index (χ0n) is 8.03. The van der Waals surface area contributed by atoms with Gasteiger partial charge in [0.05, 0.1) is 6.61 Å². The molecule has 1 N–H and O–H groups in total. The van der Waals surface area contributed by atoms with Crippen molar-refractivity contribution in [2.75, 3.05) is 13.2 Å². The lowest BCUT2D eigenvalue weighted by Gasteiger charge is -2.28. The second kappa shape index (κ2) is 4.06. The van der Waals surface area contributed by atoms with Gasteiger partial charge >= 0.3 is 0 Å². The van der Waals surface area contributed by atoms with Crippen molar-refractivity contribution in [1.82, 2.24) is 4.90 Å². The lowest BCUT2D eigenvalue weighted by atomic mass is 10.0. The zero-order valence-corrected chi connectivity index (χ0v) is 8.03. The van der Waals surface area contributed by atoms with Gasteiger partial charge in [0, 0.05) is 12.1 Å². The largest absolute Gasteiger partial charge is 0.395 e. The number of likely N-dealkylation sites (tertiary alicyclic amines) is 1. The van der Waals surface area contributed by atoms with Gasteiger partial charge in [0.2, 0.25) is 0 Å². The van der Waals surface area contributed by atoms with Crippen LogP contribution in [-0.4, -0.2) is 35.2 Å². The van der Waals surface area contributed by atoms with E-state index in [9.17, 15) is 5.11 Å². The highest BCUT2D eigenvalue weighted by Crippen LogP contribution is 2.25. The molecule has 0 aromatic carbocycles. The first kappa shape index (κ1) is 9.75. The molecule has 0 aromatic rings. The molecule has 1 rings (SSSR count). The molecule has 0 saturated carbocycles. The normalized spacial score (nSPS) is 33.6. The summed E-state index contributed by atoms with van der Waals surface area (Å²) in [4.78, 5) is 2.33. The Labute approximate surface area is 74.9 Å². The average molecular weight is 169 g/mol. The van der Waals surface area contributed by atoms with Gasteiger partial charge in [-0.15, -0.1) is 6.58 Å². The summed E-state index contributed by atoms with van der Waals surface area (Å²) in [6.07, 6.45) is 3.14. The Bertz CT molecular complexity index is 158. The van der Waals surface area contributed by atoms with E-state index in [-0.39, 0.29) is 6.61 Å². The average Bonchev–Trinajstić information content (AvgIpc) is 2.45. The highest BCUT2D eigenvalue weighted by atomic mass is 16.3. The van der Waals surface area contributed by atoms with E-state index < -0.39 is 0 Å². The SMILES string of the molecule is C=CC(C)N1CCC(C)C1CO. The maximum atomic E-state index is 9.18. The van der Waals surface area contributed by atoms with Gasteiger partial charge in [-0.05, 0) is 25.8 Å². The van der Waals surface area contributed by atoms with Crippen molar-refractivity contribution in [2.24, 2.45) is 5.92 Å². The van der Waals surface area contributed by atoms with Gasteiger partial charge in [-0.3, -0.25) is 4.90 Å². The standard InChI is InChI=1S/C10H19NO/c1-4-9(3)11-6-5-8(2)10(11)7-12/h4,8-10,12H,1,5-7H2,2-3H3. The number of aliphatic hydroxyl groups is 1. The minimum absolute atomic E-state index is 0.277. The predicted octanol–water partition coefficient (Wildman–Crippen LogP) is 1.26. The second-order valence-electron chi connectivity index (χ2n) is 3.73. The topological polar surface area (TPSA) is 23.5 Å². The van der Waals surface area contributed by atoms with E-state index in [0.717, 1.165) is 6.54 Å². The molecule has 0 aromatic heterocycles. The first-order valence-electron chi connectivity index (χ1n) is 4.69. The quantitative estimate of drug-likeness (QED) is 0.643. The van der Waals surface area contributed by atoms with Crippen LogP contribution in [-0.2, 0) is 0 Å². The number of nitrogens with zero attached hydrogens (tertiary/aromatic N) is 1. The molecule has 0 radical (unpaired) electrons. The summed E-state index contributed by atoms with van der Waals surface area (Å²) in [6, 6.07) is 0.741. The second-order valence-corrected chi connectivity index (χ2v) is 3.73. The maximum Gasteiger partial charge on any atom is 0.0589 e. The summed E-state index contributed by atoms with van der Waals surface area (Å²) in [5.74, 6) is 0.623. The van der Waals surface area contributed by atoms with Crippen molar-refractivity contribution in [1.29, 1.82) is 0 Å². The first-order valence-corrected chi connectivity index (χ1v) is 4.69. The van der Waals surface area contributed by atoms with Crippen LogP contribution in [0.5, 0.6) is 0 Å². The van der Waals surface area contributed by atoms with Crippen LogP contribution in [0.15, 0.2) is 12.7 Å². The lowest BCUT2D eigenvalue weighted by molar-refractivity contribution is 0.124. The number of aliphatic hydroxyl groups excluding tert-OH is 1. The summed E-state index contributed by atoms with van der Waals surface area (Å²) in [7, 11) is 0. The van der Waals surface area contributed by atoms with Crippen LogP contribution >= 0.6 is 0 Å². The minimum Gasteiger partial charge on any atom is -0.395 e. The summed E-state index contributed by atoms with van der Waals surface area (Å²) in [6.45, 7) is 9.49. The van der Waals surface area contributed by atoms with Gasteiger partial charge in [-0.25, -0.2) is 0 Å². The summed E-state index contributed by atoms with van der Waals surface area (Å²) in [5, 5.41) is 9.18. The van der Waals surface area contributed by atoms with Gasteiger partial charge in [0.1, 0.15) is 0 Å². The smallest absolute Gasteiger partial charge is 0.0589 e. The highest BCUT2D eigenvalue weighted by molar-refractivity contribution is 4.93. The van der Waals surface area contributed by atoms with Crippen molar-refractivity contribution < 1.29 is 5.11 Å². The third-order valence-electron chi connectivity index (χ3n) is 2.98. The molecule has 12 heavy (non-hydrogen) atoms. The highest BCUT2D eigenvalue weighted by Gasteiger charge is 2.32. The zero-order chi connectivity index (χ0) is 9.14. The minimum atomic E-state index is 0.277. The van der Waals surface area contributed by atoms with Crippen LogP contribution in [0.1, 0.15) is 20.3 Å². The molecule has 3 unspecified atom stereocenters. The fourth-order valence-electron chi connectivity index (χ4n) is 1.96. The Kier molecular flexibility index (Phi) is 3.29. The van der Waals surface area contributed by atoms with Crippen LogP contribution < -0.4 is 0 Å². The number of hydrogen-bond donors (Lipinski definition) is 1. The Balaban J connectivity index is 2.59. The Morgan fingerprint density at radius 3 is 2.92 bits per heavy atom. The fourth-order valence-corrected chi connectivity index (χ4v) is 1.96. The van der Waals surface area contributed by atoms with Crippen molar-refractivity contribution in [2.45, 2.75) is 32.4 Å². The maximum absolute atomic E-state index is 9.18. The molecule has 1 aliphatic rings. The summed E-state index contributed by atoms with van der Waals surface area (Å²) in [5.41, 5.74) is 0. The van der Waals surface area contributed by atoms with Crippen LogP contribution in [0.3, 0.4) is 0 Å². The van der Waals surface area contributed by atoms with Crippen LogP contribution in [0, 0.1) is 5.92 Å². The fraction of sp³-hybridized carbons (Fsp3) is 0.800. The molecule has 70 valence electrons. The molecule has 0 spiro atoms. The molecule has 2 nitrogen and oxygen atoms in total. The van der Waals surface area contributed by atoms with Gasteiger partial charge in [-0.1, -0.05) is 13.0 Å². The molecular weight excluding hydrogens is 150 g/mol. The van der Waals surface area contributed by atoms with Gasteiger partial charge < -0.3 is 5.11 Å². The van der Waals surface area contributed by atoms with Crippen molar-refractivity contribution in [3.8, 4) is 0 Å². The van der Waals surface area contributed by atoms with Gasteiger partial charge in [-0.2, -0.15) is 0 Å². The monoisotopic (exact) mass is 169 g/mol. The summed E-state index contributed by atoms with van der Waals surface area (Å²) < 4.78 is 0. The molecule has 3 atom stereocenters. The third-order valence-corrected chi connectivity index (χ3v) is 2.98. The lowest BCUT2D eigenvalue weighted by Crippen LogP contribution is -2.40. The molecule has 1 aliphatic heterocycles. The van der Waals surface area contributed by atoms with E-state index in [4.69, 9.17) is 0 Å². The molecule has 2 heteroatoms.